The van der Waals surface area contributed by atoms with E-state index in [4.69, 9.17) is 9.47 Å². The summed E-state index contributed by atoms with van der Waals surface area (Å²) in [6, 6.07) is 5.22. The summed E-state index contributed by atoms with van der Waals surface area (Å²) in [6.07, 6.45) is 0.508. The standard InChI is InChI=1S/C19H19F3N2O4/c20-13-8-12(9-14(21)18(13)22)15(10-25)24-19(26)23-4-3-11-1-2-16-17(7-11)28-6-5-27-16/h1-2,7-9,15,25H,3-6,10H2,(H2,23,24,26). The predicted octanol–water partition coefficient (Wildman–Crippen LogP) is 2.45. The van der Waals surface area contributed by atoms with E-state index >= 15 is 0 Å². The van der Waals surface area contributed by atoms with Crippen LogP contribution in [0.1, 0.15) is 17.2 Å². The van der Waals surface area contributed by atoms with Gasteiger partial charge in [0.1, 0.15) is 13.2 Å². The molecular formula is C19H19F3N2O4. The maximum absolute atomic E-state index is 13.3. The molecule has 0 saturated heterocycles. The summed E-state index contributed by atoms with van der Waals surface area (Å²) in [7, 11) is 0. The van der Waals surface area contributed by atoms with Gasteiger partial charge in [-0.2, -0.15) is 0 Å². The van der Waals surface area contributed by atoms with E-state index in [0.717, 1.165) is 17.7 Å². The zero-order valence-electron chi connectivity index (χ0n) is 14.8. The highest BCUT2D eigenvalue weighted by atomic mass is 19.2. The molecule has 0 saturated carbocycles. The molecule has 28 heavy (non-hydrogen) atoms. The van der Waals surface area contributed by atoms with Crippen LogP contribution in [-0.4, -0.2) is 37.5 Å². The first-order valence-corrected chi connectivity index (χ1v) is 8.66. The number of amides is 2. The summed E-state index contributed by atoms with van der Waals surface area (Å²) in [4.78, 5) is 12.0. The molecule has 1 aliphatic rings. The van der Waals surface area contributed by atoms with Crippen LogP contribution in [-0.2, 0) is 6.42 Å². The van der Waals surface area contributed by atoms with Crippen LogP contribution in [0.3, 0.4) is 0 Å². The van der Waals surface area contributed by atoms with Crippen LogP contribution < -0.4 is 20.1 Å². The van der Waals surface area contributed by atoms with E-state index in [1.165, 1.54) is 0 Å². The lowest BCUT2D eigenvalue weighted by Crippen LogP contribution is -2.40. The SMILES string of the molecule is O=C(NCCc1ccc2c(c1)OCCO2)NC(CO)c1cc(F)c(F)c(F)c1. The Labute approximate surface area is 159 Å². The maximum atomic E-state index is 13.3. The first-order valence-electron chi connectivity index (χ1n) is 8.66. The van der Waals surface area contributed by atoms with Crippen molar-refractivity contribution in [1.29, 1.82) is 0 Å². The molecule has 1 aliphatic heterocycles. The number of carbonyl (C=O) groups is 1. The van der Waals surface area contributed by atoms with Gasteiger partial charge in [-0.15, -0.1) is 0 Å². The Hall–Kier alpha value is -2.94. The van der Waals surface area contributed by atoms with Gasteiger partial charge in [-0.25, -0.2) is 18.0 Å². The third-order valence-electron chi connectivity index (χ3n) is 4.20. The molecule has 9 heteroatoms. The zero-order chi connectivity index (χ0) is 20.1. The van der Waals surface area contributed by atoms with Gasteiger partial charge in [-0.3, -0.25) is 0 Å². The molecule has 6 nitrogen and oxygen atoms in total. The van der Waals surface area contributed by atoms with E-state index in [1.807, 2.05) is 12.1 Å². The van der Waals surface area contributed by atoms with E-state index in [0.29, 0.717) is 31.1 Å². The lowest BCUT2D eigenvalue weighted by molar-refractivity contribution is 0.171. The molecule has 1 atom stereocenters. The molecule has 3 rings (SSSR count). The first kappa shape index (κ1) is 19.8. The normalized spacial score (nSPS) is 13.7. The van der Waals surface area contributed by atoms with Gasteiger partial charge in [-0.1, -0.05) is 6.07 Å². The second-order valence-electron chi connectivity index (χ2n) is 6.16. The quantitative estimate of drug-likeness (QED) is 0.656. The minimum atomic E-state index is -1.61. The summed E-state index contributed by atoms with van der Waals surface area (Å²) < 4.78 is 50.7. The topological polar surface area (TPSA) is 79.8 Å². The Bertz CT molecular complexity index is 840. The van der Waals surface area contributed by atoms with Crippen molar-refractivity contribution in [3.8, 4) is 11.5 Å². The van der Waals surface area contributed by atoms with Crippen molar-refractivity contribution in [2.75, 3.05) is 26.4 Å². The fourth-order valence-electron chi connectivity index (χ4n) is 2.78. The molecule has 0 fully saturated rings. The van der Waals surface area contributed by atoms with Crippen molar-refractivity contribution >= 4 is 6.03 Å². The lowest BCUT2D eigenvalue weighted by atomic mass is 10.1. The van der Waals surface area contributed by atoms with E-state index in [2.05, 4.69) is 10.6 Å². The zero-order valence-corrected chi connectivity index (χ0v) is 14.8. The second kappa shape index (κ2) is 8.83. The number of benzene rings is 2. The maximum Gasteiger partial charge on any atom is 0.315 e. The molecule has 150 valence electrons. The number of ether oxygens (including phenoxy) is 2. The number of hydrogen-bond acceptors (Lipinski definition) is 4. The Morgan fingerprint density at radius 3 is 2.43 bits per heavy atom. The number of urea groups is 1. The summed E-state index contributed by atoms with van der Waals surface area (Å²) >= 11 is 0. The average molecular weight is 396 g/mol. The fraction of sp³-hybridized carbons (Fsp3) is 0.316. The second-order valence-corrected chi connectivity index (χ2v) is 6.16. The van der Waals surface area contributed by atoms with Gasteiger partial charge in [0.2, 0.25) is 0 Å². The van der Waals surface area contributed by atoms with Crippen LogP contribution in [0.2, 0.25) is 0 Å². The van der Waals surface area contributed by atoms with Gasteiger partial charge in [0.15, 0.2) is 29.0 Å². The summed E-state index contributed by atoms with van der Waals surface area (Å²) in [5.74, 6) is -3.08. The molecule has 2 aromatic rings. The number of aliphatic hydroxyl groups is 1. The van der Waals surface area contributed by atoms with Gasteiger partial charge in [0.05, 0.1) is 12.6 Å². The van der Waals surface area contributed by atoms with Crippen molar-refractivity contribution in [2.45, 2.75) is 12.5 Å². The van der Waals surface area contributed by atoms with Gasteiger partial charge in [0, 0.05) is 6.54 Å². The molecule has 2 aromatic carbocycles. The molecule has 1 unspecified atom stereocenters. The van der Waals surface area contributed by atoms with Crippen LogP contribution in [0.5, 0.6) is 11.5 Å². The molecule has 0 aromatic heterocycles. The predicted molar refractivity (Wildman–Crippen MR) is 93.8 cm³/mol. The number of fused-ring (bicyclic) bond motifs is 1. The van der Waals surface area contributed by atoms with Gasteiger partial charge in [0.25, 0.3) is 0 Å². The van der Waals surface area contributed by atoms with Crippen LogP contribution in [0.25, 0.3) is 0 Å². The highest BCUT2D eigenvalue weighted by Crippen LogP contribution is 2.30. The number of halogens is 3. The minimum absolute atomic E-state index is 0.0825. The molecule has 0 spiro atoms. The Balaban J connectivity index is 1.53. The molecule has 1 heterocycles. The van der Waals surface area contributed by atoms with E-state index < -0.39 is 36.1 Å². The Morgan fingerprint density at radius 1 is 1.07 bits per heavy atom. The monoisotopic (exact) mass is 396 g/mol. The Morgan fingerprint density at radius 2 is 1.75 bits per heavy atom. The van der Waals surface area contributed by atoms with E-state index in [9.17, 15) is 23.1 Å². The highest BCUT2D eigenvalue weighted by Gasteiger charge is 2.19. The van der Waals surface area contributed by atoms with Crippen molar-refractivity contribution in [3.05, 3.63) is 58.9 Å². The minimum Gasteiger partial charge on any atom is -0.486 e. The largest absolute Gasteiger partial charge is 0.486 e. The fourth-order valence-corrected chi connectivity index (χ4v) is 2.78. The van der Waals surface area contributed by atoms with Crippen molar-refractivity contribution < 1.29 is 32.5 Å². The van der Waals surface area contributed by atoms with Crippen molar-refractivity contribution in [2.24, 2.45) is 0 Å². The highest BCUT2D eigenvalue weighted by molar-refractivity contribution is 5.74. The molecule has 0 radical (unpaired) electrons. The summed E-state index contributed by atoms with van der Waals surface area (Å²) in [5, 5.41) is 14.4. The first-order chi connectivity index (χ1) is 13.5. The average Bonchev–Trinajstić information content (AvgIpc) is 2.69. The van der Waals surface area contributed by atoms with E-state index in [-0.39, 0.29) is 12.1 Å². The number of aliphatic hydroxyl groups excluding tert-OH is 1. The van der Waals surface area contributed by atoms with Crippen molar-refractivity contribution in [3.63, 3.8) is 0 Å². The number of hydrogen-bond donors (Lipinski definition) is 3. The summed E-state index contributed by atoms with van der Waals surface area (Å²) in [6.45, 7) is 0.641. The van der Waals surface area contributed by atoms with E-state index in [1.54, 1.807) is 6.07 Å². The van der Waals surface area contributed by atoms with Gasteiger partial charge in [-0.05, 0) is 41.8 Å². The van der Waals surface area contributed by atoms with Crippen molar-refractivity contribution in [1.82, 2.24) is 10.6 Å². The number of nitrogens with one attached hydrogen (secondary N) is 2. The third kappa shape index (κ3) is 4.66. The number of carbonyl (C=O) groups excluding carboxylic acids is 1. The molecule has 0 bridgehead atoms. The molecule has 3 N–H and O–H groups in total. The molecular weight excluding hydrogens is 377 g/mol. The smallest absolute Gasteiger partial charge is 0.315 e. The van der Waals surface area contributed by atoms with Crippen LogP contribution in [0.4, 0.5) is 18.0 Å². The van der Waals surface area contributed by atoms with Gasteiger partial charge >= 0.3 is 6.03 Å². The van der Waals surface area contributed by atoms with Crippen LogP contribution in [0, 0.1) is 17.5 Å². The lowest BCUT2D eigenvalue weighted by Gasteiger charge is -2.19. The summed E-state index contributed by atoms with van der Waals surface area (Å²) in [5.41, 5.74) is 0.840. The number of rotatable bonds is 6. The van der Waals surface area contributed by atoms with Crippen LogP contribution in [0.15, 0.2) is 30.3 Å². The third-order valence-corrected chi connectivity index (χ3v) is 4.20. The van der Waals surface area contributed by atoms with Crippen LogP contribution >= 0.6 is 0 Å². The van der Waals surface area contributed by atoms with Gasteiger partial charge < -0.3 is 25.2 Å². The molecule has 2 amide bonds. The Kier molecular flexibility index (Phi) is 6.25. The molecule has 0 aliphatic carbocycles.